The predicted octanol–water partition coefficient (Wildman–Crippen LogP) is 2.13. The largest absolute Gasteiger partial charge is 0.459 e. The first kappa shape index (κ1) is 8.09. The van der Waals surface area contributed by atoms with Gasteiger partial charge in [-0.3, -0.25) is 4.79 Å². The molecule has 1 heterocycles. The number of fused-ring (bicyclic) bond motifs is 2. The minimum absolute atomic E-state index is 0.0225. The molecule has 2 nitrogen and oxygen atoms in total. The van der Waals surface area contributed by atoms with Crippen molar-refractivity contribution in [2.24, 2.45) is 11.3 Å². The molecule has 2 rings (SSSR count). The normalized spacial score (nSPS) is 52.2. The van der Waals surface area contributed by atoms with Crippen molar-refractivity contribution in [1.82, 2.24) is 0 Å². The first-order chi connectivity index (χ1) is 5.44. The molecule has 0 spiro atoms. The standard InChI is InChI=1S/C10H16O2/c1-7-4-9(2)6-10(3,5-7)12-8(9)11/h7H,4-6H2,1-3H3/t7-,9-,10+/m0/s1. The van der Waals surface area contributed by atoms with Crippen LogP contribution in [0.25, 0.3) is 0 Å². The Morgan fingerprint density at radius 2 is 2.08 bits per heavy atom. The molecule has 1 saturated heterocycles. The summed E-state index contributed by atoms with van der Waals surface area (Å²) in [5.74, 6) is 0.648. The van der Waals surface area contributed by atoms with Crippen molar-refractivity contribution >= 4 is 5.97 Å². The van der Waals surface area contributed by atoms with Gasteiger partial charge in [-0.05, 0) is 32.6 Å². The molecule has 1 saturated carbocycles. The molecule has 0 unspecified atom stereocenters. The van der Waals surface area contributed by atoms with Crippen LogP contribution in [0.4, 0.5) is 0 Å². The Morgan fingerprint density at radius 1 is 1.42 bits per heavy atom. The summed E-state index contributed by atoms with van der Waals surface area (Å²) >= 11 is 0. The minimum atomic E-state index is -0.174. The fraction of sp³-hybridized carbons (Fsp3) is 0.900. The van der Waals surface area contributed by atoms with Crippen molar-refractivity contribution < 1.29 is 9.53 Å². The molecule has 0 aromatic heterocycles. The van der Waals surface area contributed by atoms with Gasteiger partial charge in [-0.15, -0.1) is 0 Å². The molecule has 1 aliphatic heterocycles. The second kappa shape index (κ2) is 2.04. The van der Waals surface area contributed by atoms with Crippen molar-refractivity contribution in [3.8, 4) is 0 Å². The third-order valence-electron chi connectivity index (χ3n) is 3.18. The highest BCUT2D eigenvalue weighted by molar-refractivity contribution is 5.79. The SMILES string of the molecule is C[C@@H]1C[C@]2(C)C[C@](C)(C1)C(=O)O2. The highest BCUT2D eigenvalue weighted by atomic mass is 16.6. The summed E-state index contributed by atoms with van der Waals surface area (Å²) < 4.78 is 5.41. The topological polar surface area (TPSA) is 26.3 Å². The van der Waals surface area contributed by atoms with Crippen molar-refractivity contribution in [3.05, 3.63) is 0 Å². The lowest BCUT2D eigenvalue weighted by Crippen LogP contribution is -2.34. The van der Waals surface area contributed by atoms with Gasteiger partial charge in [0.1, 0.15) is 5.60 Å². The van der Waals surface area contributed by atoms with Crippen LogP contribution in [0.2, 0.25) is 0 Å². The molecule has 2 aliphatic rings. The molecule has 2 bridgehead atoms. The van der Waals surface area contributed by atoms with E-state index in [1.165, 1.54) is 0 Å². The van der Waals surface area contributed by atoms with Crippen molar-refractivity contribution in [1.29, 1.82) is 0 Å². The molecule has 1 aliphatic carbocycles. The molecular weight excluding hydrogens is 152 g/mol. The van der Waals surface area contributed by atoms with Crippen LogP contribution in [0, 0.1) is 11.3 Å². The molecule has 68 valence electrons. The van der Waals surface area contributed by atoms with Gasteiger partial charge in [0, 0.05) is 6.42 Å². The van der Waals surface area contributed by atoms with Crippen LogP contribution in [-0.4, -0.2) is 11.6 Å². The number of esters is 1. The highest BCUT2D eigenvalue weighted by Gasteiger charge is 2.55. The number of carbonyl (C=O) groups excluding carboxylic acids is 1. The zero-order chi connectivity index (χ0) is 8.98. The third kappa shape index (κ3) is 0.970. The van der Waals surface area contributed by atoms with E-state index in [0.29, 0.717) is 5.92 Å². The lowest BCUT2D eigenvalue weighted by Gasteiger charge is -2.33. The van der Waals surface area contributed by atoms with Crippen molar-refractivity contribution in [2.75, 3.05) is 0 Å². The fourth-order valence-corrected chi connectivity index (χ4v) is 3.13. The molecule has 0 amide bonds. The summed E-state index contributed by atoms with van der Waals surface area (Å²) in [5.41, 5.74) is -0.323. The number of hydrogen-bond donors (Lipinski definition) is 0. The number of ether oxygens (including phenoxy) is 1. The minimum Gasteiger partial charge on any atom is -0.459 e. The van der Waals surface area contributed by atoms with Gasteiger partial charge < -0.3 is 4.74 Å². The van der Waals surface area contributed by atoms with E-state index in [2.05, 4.69) is 13.8 Å². The maximum atomic E-state index is 11.5. The molecule has 2 heteroatoms. The fourth-order valence-electron chi connectivity index (χ4n) is 3.13. The lowest BCUT2D eigenvalue weighted by atomic mass is 9.68. The molecule has 0 N–H and O–H groups in total. The monoisotopic (exact) mass is 168 g/mol. The molecule has 0 aromatic rings. The van der Waals surface area contributed by atoms with E-state index in [9.17, 15) is 4.79 Å². The second-order valence-corrected chi connectivity index (χ2v) is 5.09. The Balaban J connectivity index is 2.33. The van der Waals surface area contributed by atoms with Gasteiger partial charge in [0.25, 0.3) is 0 Å². The van der Waals surface area contributed by atoms with E-state index in [-0.39, 0.29) is 17.0 Å². The van der Waals surface area contributed by atoms with E-state index in [1.54, 1.807) is 0 Å². The molecule has 3 atom stereocenters. The van der Waals surface area contributed by atoms with Crippen LogP contribution in [0.15, 0.2) is 0 Å². The number of hydrogen-bond acceptors (Lipinski definition) is 2. The second-order valence-electron chi connectivity index (χ2n) is 5.09. The van der Waals surface area contributed by atoms with E-state index < -0.39 is 0 Å². The zero-order valence-electron chi connectivity index (χ0n) is 8.02. The average Bonchev–Trinajstić information content (AvgIpc) is 1.96. The highest BCUT2D eigenvalue weighted by Crippen LogP contribution is 2.52. The van der Waals surface area contributed by atoms with Gasteiger partial charge in [0.15, 0.2) is 0 Å². The van der Waals surface area contributed by atoms with E-state index >= 15 is 0 Å². The maximum Gasteiger partial charge on any atom is 0.312 e. The van der Waals surface area contributed by atoms with Gasteiger partial charge in [0.05, 0.1) is 5.41 Å². The van der Waals surface area contributed by atoms with Gasteiger partial charge >= 0.3 is 5.97 Å². The Bertz CT molecular complexity index is 236. The summed E-state index contributed by atoms with van der Waals surface area (Å²) in [6, 6.07) is 0. The van der Waals surface area contributed by atoms with Crippen LogP contribution in [-0.2, 0) is 9.53 Å². The van der Waals surface area contributed by atoms with E-state index in [4.69, 9.17) is 4.74 Å². The van der Waals surface area contributed by atoms with Gasteiger partial charge in [-0.1, -0.05) is 6.92 Å². The third-order valence-corrected chi connectivity index (χ3v) is 3.18. The smallest absolute Gasteiger partial charge is 0.312 e. The Hall–Kier alpha value is -0.530. The molecule has 2 fully saturated rings. The quantitative estimate of drug-likeness (QED) is 0.518. The number of rotatable bonds is 0. The molecular formula is C10H16O2. The molecule has 0 radical (unpaired) electrons. The molecule has 12 heavy (non-hydrogen) atoms. The molecule has 0 aromatic carbocycles. The Kier molecular flexibility index (Phi) is 1.37. The summed E-state index contributed by atoms with van der Waals surface area (Å²) in [4.78, 5) is 11.5. The van der Waals surface area contributed by atoms with Gasteiger partial charge in [-0.2, -0.15) is 0 Å². The summed E-state index contributed by atoms with van der Waals surface area (Å²) in [6.07, 6.45) is 2.96. The van der Waals surface area contributed by atoms with Crippen molar-refractivity contribution in [2.45, 2.75) is 45.6 Å². The van der Waals surface area contributed by atoms with E-state index in [1.807, 2.05) is 6.92 Å². The van der Waals surface area contributed by atoms with Crippen LogP contribution >= 0.6 is 0 Å². The Labute approximate surface area is 73.3 Å². The van der Waals surface area contributed by atoms with Crippen LogP contribution in [0.5, 0.6) is 0 Å². The van der Waals surface area contributed by atoms with Crippen LogP contribution in [0.3, 0.4) is 0 Å². The maximum absolute atomic E-state index is 11.5. The van der Waals surface area contributed by atoms with Gasteiger partial charge in [0.2, 0.25) is 0 Å². The van der Waals surface area contributed by atoms with E-state index in [0.717, 1.165) is 19.3 Å². The summed E-state index contributed by atoms with van der Waals surface area (Å²) in [7, 11) is 0. The average molecular weight is 168 g/mol. The summed E-state index contributed by atoms with van der Waals surface area (Å²) in [6.45, 7) is 6.31. The van der Waals surface area contributed by atoms with Crippen LogP contribution < -0.4 is 0 Å². The zero-order valence-corrected chi connectivity index (χ0v) is 8.02. The lowest BCUT2D eigenvalue weighted by molar-refractivity contribution is -0.151. The predicted molar refractivity (Wildman–Crippen MR) is 45.6 cm³/mol. The first-order valence-electron chi connectivity index (χ1n) is 4.67. The first-order valence-corrected chi connectivity index (χ1v) is 4.67. The number of carbonyl (C=O) groups is 1. The van der Waals surface area contributed by atoms with Crippen molar-refractivity contribution in [3.63, 3.8) is 0 Å². The van der Waals surface area contributed by atoms with Crippen LogP contribution in [0.1, 0.15) is 40.0 Å². The summed E-state index contributed by atoms with van der Waals surface area (Å²) in [5, 5.41) is 0. The Morgan fingerprint density at radius 3 is 2.67 bits per heavy atom. The van der Waals surface area contributed by atoms with Gasteiger partial charge in [-0.25, -0.2) is 0 Å².